The molecule has 1 rings (SSSR count). The molecule has 0 saturated heterocycles. The molecule has 2 N–H and O–H groups in total. The van der Waals surface area contributed by atoms with Gasteiger partial charge in [-0.1, -0.05) is 0 Å². The van der Waals surface area contributed by atoms with Gasteiger partial charge >= 0.3 is 0 Å². The second-order valence-corrected chi connectivity index (χ2v) is 10.2. The molecule has 0 fully saturated rings. The lowest BCUT2D eigenvalue weighted by atomic mass is 10.3. The molecule has 1 heterocycles. The van der Waals surface area contributed by atoms with Gasteiger partial charge in [-0.2, -0.15) is 13.5 Å². The highest BCUT2D eigenvalue weighted by molar-refractivity contribution is 14.1. The van der Waals surface area contributed by atoms with Crippen molar-refractivity contribution in [1.82, 2.24) is 24.4 Å². The summed E-state index contributed by atoms with van der Waals surface area (Å²) in [6.07, 6.45) is 4.77. The molecule has 15 heteroatoms. The van der Waals surface area contributed by atoms with Crippen LogP contribution in [0.1, 0.15) is 53.2 Å². The Morgan fingerprint density at radius 2 is 2.00 bits per heavy atom. The summed E-state index contributed by atoms with van der Waals surface area (Å²) in [7, 11) is 2.10. The van der Waals surface area contributed by atoms with Crippen molar-refractivity contribution in [3.8, 4) is 6.07 Å². The van der Waals surface area contributed by atoms with Crippen LogP contribution >= 0.6 is 31.5 Å². The van der Waals surface area contributed by atoms with Crippen molar-refractivity contribution >= 4 is 56.1 Å². The van der Waals surface area contributed by atoms with Crippen LogP contribution in [-0.2, 0) is 24.0 Å². The number of aromatic nitrogens is 2. The lowest BCUT2D eigenvalue weighted by molar-refractivity contribution is -0.205. The molecule has 13 nitrogen and oxygen atoms in total. The van der Waals surface area contributed by atoms with E-state index in [9.17, 15) is 9.69 Å². The van der Waals surface area contributed by atoms with Crippen LogP contribution in [-0.4, -0.2) is 81.6 Å². The number of halogens is 1. The summed E-state index contributed by atoms with van der Waals surface area (Å²) >= 11 is 1.68. The molecule has 0 aliphatic carbocycles. The maximum absolute atomic E-state index is 10.7. The number of aryl methyl sites for hydroxylation is 2. The Morgan fingerprint density at radius 1 is 1.35 bits per heavy atom. The van der Waals surface area contributed by atoms with Gasteiger partial charge in [-0.3, -0.25) is 10.1 Å². The number of nitrogens with zero attached hydrogens (tertiary/aromatic N) is 7. The van der Waals surface area contributed by atoms with Gasteiger partial charge in [-0.25, -0.2) is 19.5 Å². The Balaban J connectivity index is 0.000000795. The van der Waals surface area contributed by atoms with E-state index in [0.29, 0.717) is 31.8 Å². The van der Waals surface area contributed by atoms with Crippen molar-refractivity contribution in [3.63, 3.8) is 0 Å². The molecule has 0 saturated carbocycles. The maximum Gasteiger partial charge on any atom is 0.256 e. The fourth-order valence-corrected chi connectivity index (χ4v) is 4.40. The zero-order chi connectivity index (χ0) is 28.4. The number of nitriles is 1. The highest BCUT2D eigenvalue weighted by Gasteiger charge is 2.23. The molecule has 1 aromatic rings. The standard InChI is InChI=1S/C13H21IN6O3.C9H19N2O2P/c1-10(22-23-14)5-6-20-8-15-11(2)12(20)18-13(17-9-21)16-7-19(3)4;1-8(2)11(9(3)4)14(12)13-7-5-6-10/h7-10H,5-6H2,1-4H3,(H,17,18,21);8-9,12H,5,7H2,1-4H3/b16-7+;. The Labute approximate surface area is 235 Å². The van der Waals surface area contributed by atoms with E-state index in [1.807, 2.05) is 70.9 Å². The maximum atomic E-state index is 10.7. The van der Waals surface area contributed by atoms with Crippen molar-refractivity contribution in [2.75, 3.05) is 20.7 Å². The number of nitrogens with one attached hydrogen (secondary N) is 1. The molecule has 0 aliphatic heterocycles. The molecular formula is C22H40IN8O5P. The predicted molar refractivity (Wildman–Crippen MR) is 153 cm³/mol. The number of amides is 1. The van der Waals surface area contributed by atoms with E-state index in [0.717, 1.165) is 12.1 Å². The lowest BCUT2D eigenvalue weighted by Crippen LogP contribution is -2.32. The monoisotopic (exact) mass is 654 g/mol. The summed E-state index contributed by atoms with van der Waals surface area (Å²) in [5, 5.41) is 10.8. The van der Waals surface area contributed by atoms with Gasteiger partial charge in [0.2, 0.25) is 12.4 Å². The van der Waals surface area contributed by atoms with E-state index in [-0.39, 0.29) is 24.1 Å². The van der Waals surface area contributed by atoms with Gasteiger partial charge < -0.3 is 18.9 Å². The van der Waals surface area contributed by atoms with Gasteiger partial charge in [0.1, 0.15) is 0 Å². The van der Waals surface area contributed by atoms with Crippen LogP contribution in [0.2, 0.25) is 0 Å². The number of rotatable bonds is 14. The number of aliphatic imine (C=N–C) groups is 2. The molecule has 2 atom stereocenters. The molecule has 2 unspecified atom stereocenters. The van der Waals surface area contributed by atoms with E-state index < -0.39 is 8.53 Å². The summed E-state index contributed by atoms with van der Waals surface area (Å²) in [5.41, 5.74) is 0.744. The van der Waals surface area contributed by atoms with Crippen LogP contribution < -0.4 is 5.32 Å². The van der Waals surface area contributed by atoms with Gasteiger partial charge in [0.25, 0.3) is 8.53 Å². The minimum absolute atomic E-state index is 0.0641. The van der Waals surface area contributed by atoms with E-state index in [4.69, 9.17) is 14.7 Å². The quantitative estimate of drug-likeness (QED) is 0.0446. The SMILES string of the molecule is CC(C)N(C(C)C)P(O)OCCC#N.Cc1ncn(CCC(C)OOI)c1/N=C(/N=C/N(C)C)NC=O. The molecule has 210 valence electrons. The second-order valence-electron chi connectivity index (χ2n) is 8.57. The normalized spacial score (nSPS) is 13.5. The van der Waals surface area contributed by atoms with E-state index in [1.165, 1.54) is 0 Å². The molecule has 0 aromatic carbocycles. The summed E-state index contributed by atoms with van der Waals surface area (Å²) in [6, 6.07) is 2.46. The highest BCUT2D eigenvalue weighted by atomic mass is 127. The zero-order valence-electron chi connectivity index (χ0n) is 22.8. The van der Waals surface area contributed by atoms with Crippen LogP contribution in [0.3, 0.4) is 0 Å². The Kier molecular flexibility index (Phi) is 19.3. The molecule has 0 spiro atoms. The van der Waals surface area contributed by atoms with Gasteiger partial charge in [-0.15, -0.1) is 0 Å². The molecule has 0 bridgehead atoms. The highest BCUT2D eigenvalue weighted by Crippen LogP contribution is 2.40. The minimum atomic E-state index is -1.55. The Hall–Kier alpha value is -1.73. The largest absolute Gasteiger partial charge is 0.369 e. The minimum Gasteiger partial charge on any atom is -0.369 e. The van der Waals surface area contributed by atoms with Crippen molar-refractivity contribution in [1.29, 1.82) is 5.26 Å². The van der Waals surface area contributed by atoms with Crippen LogP contribution in [0.25, 0.3) is 0 Å². The third kappa shape index (κ3) is 15.3. The van der Waals surface area contributed by atoms with Crippen molar-refractivity contribution in [2.45, 2.75) is 79.1 Å². The summed E-state index contributed by atoms with van der Waals surface area (Å²) in [6.45, 7) is 12.8. The van der Waals surface area contributed by atoms with Crippen LogP contribution in [0.4, 0.5) is 5.82 Å². The first-order valence-electron chi connectivity index (χ1n) is 11.7. The fourth-order valence-electron chi connectivity index (χ4n) is 2.87. The summed E-state index contributed by atoms with van der Waals surface area (Å²) in [4.78, 5) is 40.0. The third-order valence-corrected chi connectivity index (χ3v) is 6.39. The zero-order valence-corrected chi connectivity index (χ0v) is 25.9. The van der Waals surface area contributed by atoms with Crippen LogP contribution in [0.15, 0.2) is 16.3 Å². The second kappa shape index (κ2) is 20.3. The van der Waals surface area contributed by atoms with Crippen molar-refractivity contribution in [3.05, 3.63) is 12.0 Å². The first kappa shape index (κ1) is 35.3. The van der Waals surface area contributed by atoms with Crippen molar-refractivity contribution in [2.24, 2.45) is 9.98 Å². The molecular weight excluding hydrogens is 614 g/mol. The van der Waals surface area contributed by atoms with E-state index in [2.05, 4.69) is 23.5 Å². The number of carbonyl (C=O) groups excluding carboxylic acids is 1. The molecule has 37 heavy (non-hydrogen) atoms. The van der Waals surface area contributed by atoms with E-state index in [1.54, 1.807) is 40.6 Å². The van der Waals surface area contributed by atoms with Crippen molar-refractivity contribution < 1.29 is 22.3 Å². The Morgan fingerprint density at radius 3 is 2.51 bits per heavy atom. The smallest absolute Gasteiger partial charge is 0.256 e. The average molecular weight is 654 g/mol. The Bertz CT molecular complexity index is 868. The molecule has 0 aliphatic rings. The predicted octanol–water partition coefficient (Wildman–Crippen LogP) is 3.85. The number of carbonyl (C=O) groups is 1. The topological polar surface area (TPSA) is 150 Å². The molecule has 1 aromatic heterocycles. The number of hydrogen-bond acceptors (Lipinski definition) is 9. The van der Waals surface area contributed by atoms with Gasteiger partial charge in [0.05, 0.1) is 43.6 Å². The first-order chi connectivity index (χ1) is 17.5. The fraction of sp³-hybridized carbons (Fsp3) is 0.682. The lowest BCUT2D eigenvalue weighted by Gasteiger charge is -2.32. The molecule has 1 amide bonds. The van der Waals surface area contributed by atoms with Gasteiger partial charge in [0, 0.05) is 32.7 Å². The van der Waals surface area contributed by atoms with Crippen LogP contribution in [0.5, 0.6) is 0 Å². The average Bonchev–Trinajstić information content (AvgIpc) is 3.15. The summed E-state index contributed by atoms with van der Waals surface area (Å²) < 4.78 is 13.6. The first-order valence-corrected chi connectivity index (χ1v) is 13.7. The van der Waals surface area contributed by atoms with Crippen LogP contribution in [0, 0.1) is 18.3 Å². The van der Waals surface area contributed by atoms with E-state index >= 15 is 0 Å². The third-order valence-electron chi connectivity index (χ3n) is 4.45. The van der Waals surface area contributed by atoms with Gasteiger partial charge in [-0.05, 0) is 48.0 Å². The van der Waals surface area contributed by atoms with Gasteiger partial charge in [0.15, 0.2) is 28.8 Å². The number of imidazole rings is 1. The molecule has 0 radical (unpaired) electrons. The summed E-state index contributed by atoms with van der Waals surface area (Å²) in [5.74, 6) is 0.825. The number of guanidine groups is 1. The number of hydrogen-bond donors (Lipinski definition) is 2.